The Bertz CT molecular complexity index is 711. The van der Waals surface area contributed by atoms with E-state index in [1.807, 2.05) is 6.92 Å². The summed E-state index contributed by atoms with van der Waals surface area (Å²) in [6.07, 6.45) is 2.65. The van der Waals surface area contributed by atoms with E-state index in [1.165, 1.54) is 5.56 Å². The molecular weight excluding hydrogens is 354 g/mol. The number of piperazine rings is 1. The largest absolute Gasteiger partial charge is 0.355 e. The number of hydrogen-bond acceptors (Lipinski definition) is 6. The molecule has 1 aromatic heterocycles. The number of aromatic nitrogens is 2. The number of benzene rings is 1. The summed E-state index contributed by atoms with van der Waals surface area (Å²) in [5, 5.41) is 6.89. The molecule has 2 heterocycles. The summed E-state index contributed by atoms with van der Waals surface area (Å²) in [7, 11) is 0. The minimum atomic E-state index is 0.0953. The smallest absolute Gasteiger partial charge is 0.226 e. The van der Waals surface area contributed by atoms with Crippen molar-refractivity contribution in [2.75, 3.05) is 39.3 Å². The van der Waals surface area contributed by atoms with Crippen LogP contribution in [0.25, 0.3) is 0 Å². The summed E-state index contributed by atoms with van der Waals surface area (Å²) >= 11 is 0. The van der Waals surface area contributed by atoms with Crippen LogP contribution in [0.3, 0.4) is 0 Å². The van der Waals surface area contributed by atoms with Crippen LogP contribution < -0.4 is 5.32 Å². The lowest BCUT2D eigenvalue weighted by atomic mass is 10.2. The molecule has 0 spiro atoms. The van der Waals surface area contributed by atoms with Crippen molar-refractivity contribution in [3.63, 3.8) is 0 Å². The Labute approximate surface area is 167 Å². The molecule has 0 aliphatic carbocycles. The molecule has 1 N–H and O–H groups in total. The van der Waals surface area contributed by atoms with Gasteiger partial charge in [0.05, 0.1) is 0 Å². The van der Waals surface area contributed by atoms with Gasteiger partial charge in [0.2, 0.25) is 11.8 Å². The average Bonchev–Trinajstić information content (AvgIpc) is 3.18. The fourth-order valence-corrected chi connectivity index (χ4v) is 3.39. The Morgan fingerprint density at radius 1 is 1.14 bits per heavy atom. The number of aryl methyl sites for hydroxylation is 2. The van der Waals surface area contributed by atoms with Crippen LogP contribution in [0.15, 0.2) is 34.9 Å². The maximum absolute atomic E-state index is 12.0. The van der Waals surface area contributed by atoms with E-state index < -0.39 is 0 Å². The Morgan fingerprint density at radius 2 is 1.89 bits per heavy atom. The van der Waals surface area contributed by atoms with E-state index >= 15 is 0 Å². The Balaban J connectivity index is 1.24. The molecule has 0 radical (unpaired) electrons. The highest BCUT2D eigenvalue weighted by atomic mass is 16.5. The van der Waals surface area contributed by atoms with Crippen molar-refractivity contribution in [2.45, 2.75) is 39.2 Å². The summed E-state index contributed by atoms with van der Waals surface area (Å²) in [5.74, 6) is 1.44. The second-order valence-electron chi connectivity index (χ2n) is 7.26. The third-order valence-electron chi connectivity index (χ3n) is 5.08. The number of amides is 1. The van der Waals surface area contributed by atoms with Crippen molar-refractivity contribution in [2.24, 2.45) is 0 Å². The van der Waals surface area contributed by atoms with Gasteiger partial charge in [0.25, 0.3) is 0 Å². The first-order valence-electron chi connectivity index (χ1n) is 10.3. The number of hydrogen-bond donors (Lipinski definition) is 1. The van der Waals surface area contributed by atoms with Gasteiger partial charge in [-0.05, 0) is 12.0 Å². The van der Waals surface area contributed by atoms with Crippen LogP contribution in [0.5, 0.6) is 0 Å². The first kappa shape index (κ1) is 20.5. The van der Waals surface area contributed by atoms with Gasteiger partial charge in [0.1, 0.15) is 0 Å². The van der Waals surface area contributed by atoms with Gasteiger partial charge in [0, 0.05) is 65.1 Å². The molecule has 0 atom stereocenters. The van der Waals surface area contributed by atoms with Crippen LogP contribution in [0, 0.1) is 0 Å². The molecule has 1 amide bonds. The van der Waals surface area contributed by atoms with E-state index in [1.54, 1.807) is 0 Å². The highest BCUT2D eigenvalue weighted by molar-refractivity contribution is 5.75. The van der Waals surface area contributed by atoms with Gasteiger partial charge in [0.15, 0.2) is 5.82 Å². The molecule has 1 aliphatic heterocycles. The Hall–Kier alpha value is -2.25. The van der Waals surface area contributed by atoms with E-state index in [9.17, 15) is 4.79 Å². The Morgan fingerprint density at radius 3 is 2.61 bits per heavy atom. The van der Waals surface area contributed by atoms with E-state index in [0.29, 0.717) is 25.3 Å². The molecule has 7 heteroatoms. The molecule has 1 aliphatic rings. The average molecular weight is 386 g/mol. The summed E-state index contributed by atoms with van der Waals surface area (Å²) in [4.78, 5) is 21.2. The van der Waals surface area contributed by atoms with Gasteiger partial charge < -0.3 is 9.84 Å². The molecule has 0 bridgehead atoms. The highest BCUT2D eigenvalue weighted by Crippen LogP contribution is 2.08. The van der Waals surface area contributed by atoms with Gasteiger partial charge in [-0.25, -0.2) is 0 Å². The van der Waals surface area contributed by atoms with Crippen LogP contribution in [0.1, 0.15) is 37.0 Å². The van der Waals surface area contributed by atoms with E-state index in [2.05, 4.69) is 55.6 Å². The van der Waals surface area contributed by atoms with Crippen molar-refractivity contribution in [3.05, 3.63) is 47.6 Å². The molecular formula is C21H31N5O2. The number of nitrogens with zero attached hydrogens (tertiary/aromatic N) is 4. The standard InChI is InChI=1S/C21H31N5O2/c1-2-19-23-21(28-24-19)10-6-9-20(27)22-11-12-25-13-15-26(16-14-25)17-18-7-4-3-5-8-18/h3-5,7-8H,2,6,9-17H2,1H3,(H,22,27). The zero-order chi connectivity index (χ0) is 19.6. The molecule has 1 aromatic carbocycles. The first-order valence-corrected chi connectivity index (χ1v) is 10.3. The fourth-order valence-electron chi connectivity index (χ4n) is 3.39. The maximum atomic E-state index is 12.0. The molecule has 1 saturated heterocycles. The van der Waals surface area contributed by atoms with Gasteiger partial charge >= 0.3 is 0 Å². The second-order valence-corrected chi connectivity index (χ2v) is 7.26. The van der Waals surface area contributed by atoms with Gasteiger partial charge in [-0.2, -0.15) is 4.98 Å². The zero-order valence-corrected chi connectivity index (χ0v) is 16.8. The monoisotopic (exact) mass is 385 g/mol. The molecule has 7 nitrogen and oxygen atoms in total. The highest BCUT2D eigenvalue weighted by Gasteiger charge is 2.16. The lowest BCUT2D eigenvalue weighted by molar-refractivity contribution is -0.121. The minimum absolute atomic E-state index is 0.0953. The summed E-state index contributed by atoms with van der Waals surface area (Å²) in [6, 6.07) is 10.6. The van der Waals surface area contributed by atoms with Crippen LogP contribution >= 0.6 is 0 Å². The lowest BCUT2D eigenvalue weighted by Gasteiger charge is -2.34. The van der Waals surface area contributed by atoms with Crippen LogP contribution in [-0.2, 0) is 24.2 Å². The molecule has 2 aromatic rings. The quantitative estimate of drug-likeness (QED) is 0.673. The van der Waals surface area contributed by atoms with Crippen molar-refractivity contribution < 1.29 is 9.32 Å². The van der Waals surface area contributed by atoms with Crippen LogP contribution in [-0.4, -0.2) is 65.1 Å². The summed E-state index contributed by atoms with van der Waals surface area (Å²) in [6.45, 7) is 8.89. The summed E-state index contributed by atoms with van der Waals surface area (Å²) in [5.41, 5.74) is 1.37. The fraction of sp³-hybridized carbons (Fsp3) is 0.571. The van der Waals surface area contributed by atoms with E-state index in [4.69, 9.17) is 4.52 Å². The number of carbonyl (C=O) groups is 1. The first-order chi connectivity index (χ1) is 13.7. The third kappa shape index (κ3) is 6.73. The molecule has 152 valence electrons. The molecule has 1 fully saturated rings. The molecule has 3 rings (SSSR count). The predicted molar refractivity (Wildman–Crippen MR) is 108 cm³/mol. The summed E-state index contributed by atoms with van der Waals surface area (Å²) < 4.78 is 5.14. The number of rotatable bonds is 10. The Kier molecular flexibility index (Phi) is 7.99. The van der Waals surface area contributed by atoms with Crippen molar-refractivity contribution in [1.29, 1.82) is 0 Å². The predicted octanol–water partition coefficient (Wildman–Crippen LogP) is 1.89. The van der Waals surface area contributed by atoms with Crippen LogP contribution in [0.2, 0.25) is 0 Å². The maximum Gasteiger partial charge on any atom is 0.226 e. The van der Waals surface area contributed by atoms with E-state index in [-0.39, 0.29) is 5.91 Å². The SMILES string of the molecule is CCc1noc(CCCC(=O)NCCN2CCN(Cc3ccccc3)CC2)n1. The lowest BCUT2D eigenvalue weighted by Crippen LogP contribution is -2.48. The second kappa shape index (κ2) is 10.9. The van der Waals surface area contributed by atoms with Gasteiger partial charge in [-0.3, -0.25) is 14.6 Å². The molecule has 28 heavy (non-hydrogen) atoms. The molecule has 0 unspecified atom stereocenters. The number of carbonyl (C=O) groups excluding carboxylic acids is 1. The topological polar surface area (TPSA) is 74.5 Å². The van der Waals surface area contributed by atoms with Gasteiger partial charge in [-0.1, -0.05) is 42.4 Å². The van der Waals surface area contributed by atoms with Gasteiger partial charge in [-0.15, -0.1) is 0 Å². The zero-order valence-electron chi connectivity index (χ0n) is 16.8. The minimum Gasteiger partial charge on any atom is -0.355 e. The van der Waals surface area contributed by atoms with Crippen molar-refractivity contribution in [1.82, 2.24) is 25.3 Å². The van der Waals surface area contributed by atoms with Crippen molar-refractivity contribution in [3.8, 4) is 0 Å². The van der Waals surface area contributed by atoms with Crippen LogP contribution in [0.4, 0.5) is 0 Å². The number of nitrogens with one attached hydrogen (secondary N) is 1. The third-order valence-corrected chi connectivity index (χ3v) is 5.08. The van der Waals surface area contributed by atoms with Crippen molar-refractivity contribution >= 4 is 5.91 Å². The molecule has 0 saturated carbocycles. The van der Waals surface area contributed by atoms with E-state index in [0.717, 1.165) is 57.9 Å². The normalized spacial score (nSPS) is 15.6.